The van der Waals surface area contributed by atoms with Crippen LogP contribution < -0.4 is 16.2 Å². The molecule has 0 unspecified atom stereocenters. The van der Waals surface area contributed by atoms with Crippen molar-refractivity contribution < 1.29 is 4.79 Å². The molecule has 0 atom stereocenters. The van der Waals surface area contributed by atoms with E-state index in [9.17, 15) is 9.59 Å². The van der Waals surface area contributed by atoms with Gasteiger partial charge in [-0.15, -0.1) is 0 Å². The molecule has 0 saturated heterocycles. The van der Waals surface area contributed by atoms with Crippen LogP contribution in [0.2, 0.25) is 0 Å². The van der Waals surface area contributed by atoms with Crippen molar-refractivity contribution in [2.45, 2.75) is 33.7 Å². The molecule has 1 aromatic carbocycles. The fraction of sp³-hybridized carbons (Fsp3) is 0.412. The summed E-state index contributed by atoms with van der Waals surface area (Å²) in [5.74, 6) is -0.174. The van der Waals surface area contributed by atoms with Gasteiger partial charge < -0.3 is 10.6 Å². The van der Waals surface area contributed by atoms with E-state index in [0.717, 1.165) is 29.9 Å². The van der Waals surface area contributed by atoms with Crippen molar-refractivity contribution in [1.82, 2.24) is 15.1 Å². The number of amides is 1. The molecule has 0 bridgehead atoms. The van der Waals surface area contributed by atoms with E-state index >= 15 is 0 Å². The average molecular weight is 316 g/mol. The first-order valence-electron chi connectivity index (χ1n) is 7.88. The number of benzene rings is 1. The van der Waals surface area contributed by atoms with E-state index in [1.165, 1.54) is 4.68 Å². The van der Waals surface area contributed by atoms with Crippen LogP contribution in [0.15, 0.2) is 23.0 Å². The zero-order valence-corrected chi connectivity index (χ0v) is 14.1. The Bertz CT molecular complexity index is 758. The van der Waals surface area contributed by atoms with Crippen molar-refractivity contribution in [2.24, 2.45) is 7.05 Å². The van der Waals surface area contributed by atoms with Gasteiger partial charge in [-0.05, 0) is 38.0 Å². The molecule has 0 aliphatic heterocycles. The predicted octanol–water partition coefficient (Wildman–Crippen LogP) is 1.95. The Labute approximate surface area is 135 Å². The van der Waals surface area contributed by atoms with Gasteiger partial charge >= 0.3 is 0 Å². The number of carbonyl (C=O) groups is 1. The van der Waals surface area contributed by atoms with Crippen LogP contribution >= 0.6 is 0 Å². The fourth-order valence-corrected chi connectivity index (χ4v) is 2.65. The third-order valence-corrected chi connectivity index (χ3v) is 3.95. The molecule has 124 valence electrons. The highest BCUT2D eigenvalue weighted by Crippen LogP contribution is 2.18. The third-order valence-electron chi connectivity index (χ3n) is 3.95. The number of nitrogens with zero attached hydrogens (tertiary/aromatic N) is 1. The van der Waals surface area contributed by atoms with Gasteiger partial charge in [0.25, 0.3) is 11.5 Å². The molecule has 0 fully saturated rings. The minimum Gasteiger partial charge on any atom is -0.385 e. The Morgan fingerprint density at radius 1 is 1.30 bits per heavy atom. The Morgan fingerprint density at radius 3 is 2.70 bits per heavy atom. The molecule has 0 aliphatic carbocycles. The Kier molecular flexibility index (Phi) is 5.26. The van der Waals surface area contributed by atoms with Gasteiger partial charge in [0.1, 0.15) is 0 Å². The zero-order valence-electron chi connectivity index (χ0n) is 14.1. The minimum absolute atomic E-state index is 0.0970. The van der Waals surface area contributed by atoms with Gasteiger partial charge in [0.05, 0.1) is 12.1 Å². The lowest BCUT2D eigenvalue weighted by Gasteiger charge is -2.12. The smallest absolute Gasteiger partial charge is 0.271 e. The quantitative estimate of drug-likeness (QED) is 0.762. The number of hydrogen-bond acceptors (Lipinski definition) is 3. The van der Waals surface area contributed by atoms with Crippen LogP contribution in [0, 0.1) is 6.92 Å². The number of hydrogen-bond donors (Lipinski definition) is 3. The van der Waals surface area contributed by atoms with Gasteiger partial charge in [0.2, 0.25) is 0 Å². The summed E-state index contributed by atoms with van der Waals surface area (Å²) in [5.41, 5.74) is 3.85. The largest absolute Gasteiger partial charge is 0.385 e. The summed E-state index contributed by atoms with van der Waals surface area (Å²) in [7, 11) is 1.68. The number of aryl methyl sites for hydroxylation is 2. The maximum Gasteiger partial charge on any atom is 0.271 e. The number of aromatic amines is 1. The van der Waals surface area contributed by atoms with Crippen molar-refractivity contribution in [2.75, 3.05) is 11.9 Å². The van der Waals surface area contributed by atoms with Crippen LogP contribution in [0.1, 0.15) is 41.0 Å². The number of aromatic nitrogens is 2. The van der Waals surface area contributed by atoms with E-state index in [1.54, 1.807) is 13.1 Å². The fourth-order valence-electron chi connectivity index (χ4n) is 2.65. The summed E-state index contributed by atoms with van der Waals surface area (Å²) in [6.07, 6.45) is 0.718. The highest BCUT2D eigenvalue weighted by Gasteiger charge is 2.15. The molecule has 6 heteroatoms. The monoisotopic (exact) mass is 316 g/mol. The van der Waals surface area contributed by atoms with Gasteiger partial charge in [-0.3, -0.25) is 19.4 Å². The van der Waals surface area contributed by atoms with Crippen molar-refractivity contribution in [3.8, 4) is 0 Å². The van der Waals surface area contributed by atoms with E-state index in [2.05, 4.69) is 15.7 Å². The lowest BCUT2D eigenvalue weighted by Crippen LogP contribution is -2.27. The molecule has 1 heterocycles. The molecule has 2 aromatic rings. The summed E-state index contributed by atoms with van der Waals surface area (Å²) in [6, 6.07) is 5.60. The predicted molar refractivity (Wildman–Crippen MR) is 91.9 cm³/mol. The number of H-pyrrole nitrogens is 1. The first kappa shape index (κ1) is 16.9. The lowest BCUT2D eigenvalue weighted by atomic mass is 10.1. The maximum atomic E-state index is 12.5. The molecular weight excluding hydrogens is 292 g/mol. The second-order valence-electron chi connectivity index (χ2n) is 5.48. The molecule has 23 heavy (non-hydrogen) atoms. The Morgan fingerprint density at radius 2 is 2.04 bits per heavy atom. The number of rotatable bonds is 6. The SMILES string of the molecule is CCNc1cccc(C(=O)NCc2c(CC)[nH]n(C)c2=O)c1C. The molecular formula is C17H24N4O2. The van der Waals surface area contributed by atoms with Crippen molar-refractivity contribution in [1.29, 1.82) is 0 Å². The van der Waals surface area contributed by atoms with E-state index in [-0.39, 0.29) is 18.0 Å². The molecule has 6 nitrogen and oxygen atoms in total. The second kappa shape index (κ2) is 7.17. The van der Waals surface area contributed by atoms with Crippen molar-refractivity contribution in [3.05, 3.63) is 50.9 Å². The molecule has 0 radical (unpaired) electrons. The van der Waals surface area contributed by atoms with Crippen LogP contribution in [-0.2, 0) is 20.0 Å². The van der Waals surface area contributed by atoms with Crippen LogP contribution in [0.25, 0.3) is 0 Å². The number of anilines is 1. The summed E-state index contributed by atoms with van der Waals surface area (Å²) < 4.78 is 1.44. The lowest BCUT2D eigenvalue weighted by molar-refractivity contribution is 0.0950. The maximum absolute atomic E-state index is 12.5. The molecule has 2 rings (SSSR count). The van der Waals surface area contributed by atoms with Crippen LogP contribution in [-0.4, -0.2) is 22.2 Å². The molecule has 1 amide bonds. The minimum atomic E-state index is -0.174. The van der Waals surface area contributed by atoms with Crippen molar-refractivity contribution in [3.63, 3.8) is 0 Å². The van der Waals surface area contributed by atoms with E-state index in [1.807, 2.05) is 32.9 Å². The van der Waals surface area contributed by atoms with Gasteiger partial charge in [-0.25, -0.2) is 0 Å². The average Bonchev–Trinajstić information content (AvgIpc) is 2.82. The summed E-state index contributed by atoms with van der Waals surface area (Å²) >= 11 is 0. The van der Waals surface area contributed by atoms with Gasteiger partial charge in [0.15, 0.2) is 0 Å². The standard InChI is InChI=1S/C17H24N4O2/c1-5-14-13(17(23)21(4)20-14)10-19-16(22)12-8-7-9-15(11(12)3)18-6-2/h7-9,18,20H,5-6,10H2,1-4H3,(H,19,22). The molecule has 1 aromatic heterocycles. The van der Waals surface area contributed by atoms with E-state index < -0.39 is 0 Å². The molecule has 0 aliphatic rings. The topological polar surface area (TPSA) is 78.9 Å². The van der Waals surface area contributed by atoms with Gasteiger partial charge in [0, 0.05) is 30.5 Å². The Balaban J connectivity index is 2.18. The molecule has 3 N–H and O–H groups in total. The summed E-state index contributed by atoms with van der Waals surface area (Å²) in [6.45, 7) is 6.93. The first-order valence-corrected chi connectivity index (χ1v) is 7.88. The zero-order chi connectivity index (χ0) is 17.0. The highest BCUT2D eigenvalue weighted by atomic mass is 16.2. The van der Waals surface area contributed by atoms with E-state index in [4.69, 9.17) is 0 Å². The van der Waals surface area contributed by atoms with Crippen LogP contribution in [0.4, 0.5) is 5.69 Å². The summed E-state index contributed by atoms with van der Waals surface area (Å²) in [4.78, 5) is 24.5. The second-order valence-corrected chi connectivity index (χ2v) is 5.48. The van der Waals surface area contributed by atoms with Gasteiger partial charge in [-0.1, -0.05) is 13.0 Å². The highest BCUT2D eigenvalue weighted by molar-refractivity contribution is 5.97. The molecule has 0 spiro atoms. The van der Waals surface area contributed by atoms with Crippen molar-refractivity contribution >= 4 is 11.6 Å². The van der Waals surface area contributed by atoms with Gasteiger partial charge in [-0.2, -0.15) is 0 Å². The molecule has 0 saturated carbocycles. The first-order chi connectivity index (χ1) is 11.0. The Hall–Kier alpha value is -2.50. The summed E-state index contributed by atoms with van der Waals surface area (Å²) in [5, 5.41) is 9.10. The van der Waals surface area contributed by atoms with Crippen LogP contribution in [0.3, 0.4) is 0 Å². The van der Waals surface area contributed by atoms with E-state index in [0.29, 0.717) is 11.1 Å². The number of nitrogens with one attached hydrogen (secondary N) is 3. The van der Waals surface area contributed by atoms with Crippen LogP contribution in [0.5, 0.6) is 0 Å². The number of carbonyl (C=O) groups excluding carboxylic acids is 1. The normalized spacial score (nSPS) is 10.6. The third kappa shape index (κ3) is 3.47.